The van der Waals surface area contributed by atoms with E-state index in [2.05, 4.69) is 5.32 Å². The number of benzene rings is 2. The Bertz CT molecular complexity index is 704. The average Bonchev–Trinajstić information content (AvgIpc) is 2.54. The molecule has 0 spiro atoms. The molecule has 0 saturated heterocycles. The summed E-state index contributed by atoms with van der Waals surface area (Å²) in [7, 11) is 1.44. The predicted octanol–water partition coefficient (Wildman–Crippen LogP) is 2.19. The van der Waals surface area contributed by atoms with Gasteiger partial charge in [0.15, 0.2) is 18.1 Å². The van der Waals surface area contributed by atoms with E-state index in [1.54, 1.807) is 6.07 Å². The molecule has 2 aromatic carbocycles. The number of halogens is 1. The minimum Gasteiger partial charge on any atom is -0.494 e. The van der Waals surface area contributed by atoms with Gasteiger partial charge in [0.1, 0.15) is 6.54 Å². The fraction of sp³-hybridized carbons (Fsp3) is 0.316. The van der Waals surface area contributed by atoms with Crippen LogP contribution < -0.4 is 15.0 Å². The number of likely N-dealkylation sites (N-methyl/N-ethyl adjacent to an activating group) is 1. The van der Waals surface area contributed by atoms with Crippen molar-refractivity contribution in [2.45, 2.75) is 20.4 Å². The van der Waals surface area contributed by atoms with Crippen molar-refractivity contribution < 1.29 is 18.8 Å². The third-order valence-corrected chi connectivity index (χ3v) is 3.88. The summed E-state index contributed by atoms with van der Waals surface area (Å²) in [5.74, 6) is -0.199. The van der Waals surface area contributed by atoms with Crippen LogP contribution in [0.3, 0.4) is 0 Å². The predicted molar refractivity (Wildman–Crippen MR) is 92.8 cm³/mol. The lowest BCUT2D eigenvalue weighted by molar-refractivity contribution is -0.903. The molecule has 0 saturated carbocycles. The number of amides is 1. The molecule has 4 nitrogen and oxygen atoms in total. The van der Waals surface area contributed by atoms with Crippen molar-refractivity contribution >= 4 is 11.6 Å². The molecule has 0 aromatic heterocycles. The highest BCUT2D eigenvalue weighted by Crippen LogP contribution is 2.17. The van der Waals surface area contributed by atoms with Gasteiger partial charge in [-0.05, 0) is 49.7 Å². The van der Waals surface area contributed by atoms with Gasteiger partial charge in [-0.25, -0.2) is 4.39 Å². The maximum Gasteiger partial charge on any atom is 0.279 e. The third-order valence-electron chi connectivity index (χ3n) is 3.88. The van der Waals surface area contributed by atoms with Gasteiger partial charge in [-0.3, -0.25) is 4.79 Å². The molecule has 128 valence electrons. The molecule has 0 heterocycles. The molecule has 2 aromatic rings. The summed E-state index contributed by atoms with van der Waals surface area (Å²) < 4.78 is 18.7. The van der Waals surface area contributed by atoms with Crippen molar-refractivity contribution in [3.63, 3.8) is 0 Å². The average molecular weight is 331 g/mol. The first kappa shape index (κ1) is 17.9. The third kappa shape index (κ3) is 5.06. The van der Waals surface area contributed by atoms with Gasteiger partial charge in [-0.2, -0.15) is 0 Å². The number of carbonyl (C=O) groups is 1. The Balaban J connectivity index is 1.96. The topological polar surface area (TPSA) is 42.8 Å². The summed E-state index contributed by atoms with van der Waals surface area (Å²) in [6.07, 6.45) is 0. The van der Waals surface area contributed by atoms with Crippen LogP contribution in [0.4, 0.5) is 10.1 Å². The molecule has 24 heavy (non-hydrogen) atoms. The highest BCUT2D eigenvalue weighted by molar-refractivity contribution is 5.91. The summed E-state index contributed by atoms with van der Waals surface area (Å²) in [5.41, 5.74) is 2.74. The van der Waals surface area contributed by atoms with Gasteiger partial charge >= 0.3 is 0 Å². The Hall–Kier alpha value is -2.40. The summed E-state index contributed by atoms with van der Waals surface area (Å²) in [6, 6.07) is 12.6. The van der Waals surface area contributed by atoms with Gasteiger partial charge in [-0.15, -0.1) is 0 Å². The number of carbonyl (C=O) groups excluding carboxylic acids is 1. The fourth-order valence-corrected chi connectivity index (χ4v) is 2.58. The number of hydrogen-bond acceptors (Lipinski definition) is 2. The van der Waals surface area contributed by atoms with E-state index < -0.39 is 0 Å². The monoisotopic (exact) mass is 331 g/mol. The second-order valence-electron chi connectivity index (χ2n) is 5.84. The fourth-order valence-electron chi connectivity index (χ4n) is 2.58. The summed E-state index contributed by atoms with van der Waals surface area (Å²) >= 11 is 0. The molecule has 1 unspecified atom stereocenters. The van der Waals surface area contributed by atoms with Gasteiger partial charge in [0.2, 0.25) is 0 Å². The minimum absolute atomic E-state index is 0.0496. The van der Waals surface area contributed by atoms with Crippen molar-refractivity contribution in [2.75, 3.05) is 25.5 Å². The lowest BCUT2D eigenvalue weighted by Crippen LogP contribution is -3.11. The summed E-state index contributed by atoms with van der Waals surface area (Å²) in [4.78, 5) is 13.3. The molecule has 0 radical (unpaired) electrons. The Kier molecular flexibility index (Phi) is 6.32. The number of ether oxygens (including phenoxy) is 1. The second kappa shape index (κ2) is 8.45. The van der Waals surface area contributed by atoms with E-state index in [1.165, 1.54) is 13.2 Å². The van der Waals surface area contributed by atoms with Gasteiger partial charge < -0.3 is 15.0 Å². The van der Waals surface area contributed by atoms with Crippen LogP contribution in [0.1, 0.15) is 18.1 Å². The maximum atomic E-state index is 13.8. The van der Waals surface area contributed by atoms with Crippen LogP contribution in [0, 0.1) is 12.7 Å². The largest absolute Gasteiger partial charge is 0.494 e. The first-order valence-corrected chi connectivity index (χ1v) is 8.04. The van der Waals surface area contributed by atoms with Gasteiger partial charge in [0, 0.05) is 11.3 Å². The first-order chi connectivity index (χ1) is 11.5. The van der Waals surface area contributed by atoms with Crippen LogP contribution >= 0.6 is 0 Å². The van der Waals surface area contributed by atoms with Crippen LogP contribution in [-0.4, -0.2) is 26.1 Å². The zero-order valence-corrected chi connectivity index (χ0v) is 14.4. The second-order valence-corrected chi connectivity index (χ2v) is 5.84. The standard InChI is InChI=1S/C19H23FN2O2/c1-4-22(12-15-8-9-18(24-3)17(20)11-15)13-19(23)21-16-7-5-6-14(2)10-16/h5-11H,4,12-13H2,1-3H3,(H,21,23)/p+1. The maximum absolute atomic E-state index is 13.8. The number of nitrogens with one attached hydrogen (secondary N) is 2. The van der Waals surface area contributed by atoms with E-state index in [9.17, 15) is 9.18 Å². The van der Waals surface area contributed by atoms with Crippen molar-refractivity contribution in [2.24, 2.45) is 0 Å². The van der Waals surface area contributed by atoms with Crippen molar-refractivity contribution in [3.8, 4) is 5.75 Å². The zero-order chi connectivity index (χ0) is 17.5. The quantitative estimate of drug-likeness (QED) is 0.817. The van der Waals surface area contributed by atoms with E-state index >= 15 is 0 Å². The zero-order valence-electron chi connectivity index (χ0n) is 14.4. The molecule has 0 bridgehead atoms. The summed E-state index contributed by atoms with van der Waals surface area (Å²) in [5, 5.41) is 2.91. The molecule has 2 rings (SSSR count). The van der Waals surface area contributed by atoms with E-state index in [4.69, 9.17) is 4.74 Å². The highest BCUT2D eigenvalue weighted by Gasteiger charge is 2.14. The SMILES string of the molecule is CC[NH+](CC(=O)Nc1cccc(C)c1)Cc1ccc(OC)c(F)c1. The number of methoxy groups -OCH3 is 1. The Morgan fingerprint density at radius 1 is 1.25 bits per heavy atom. The minimum atomic E-state index is -0.380. The van der Waals surface area contributed by atoms with Crippen molar-refractivity contribution in [3.05, 3.63) is 59.4 Å². The summed E-state index contributed by atoms with van der Waals surface area (Å²) in [6.45, 7) is 5.68. The normalized spacial score (nSPS) is 11.8. The molecule has 0 aliphatic carbocycles. The van der Waals surface area contributed by atoms with E-state index in [1.807, 2.05) is 44.2 Å². The van der Waals surface area contributed by atoms with Crippen LogP contribution in [0.2, 0.25) is 0 Å². The molecular weight excluding hydrogens is 307 g/mol. The molecule has 0 aliphatic rings. The molecule has 1 atom stereocenters. The molecular formula is C19H24FN2O2+. The molecule has 1 amide bonds. The lowest BCUT2D eigenvalue weighted by Gasteiger charge is -2.18. The van der Waals surface area contributed by atoms with E-state index in [-0.39, 0.29) is 17.5 Å². The van der Waals surface area contributed by atoms with Crippen molar-refractivity contribution in [1.82, 2.24) is 0 Å². The van der Waals surface area contributed by atoms with Crippen molar-refractivity contribution in [1.29, 1.82) is 0 Å². The number of aryl methyl sites for hydroxylation is 1. The Morgan fingerprint density at radius 3 is 2.67 bits per heavy atom. The van der Waals surface area contributed by atoms with Gasteiger partial charge in [0.25, 0.3) is 5.91 Å². The molecule has 5 heteroatoms. The van der Waals surface area contributed by atoms with Gasteiger partial charge in [-0.1, -0.05) is 12.1 Å². The lowest BCUT2D eigenvalue weighted by atomic mass is 10.2. The van der Waals surface area contributed by atoms with Crippen LogP contribution in [0.25, 0.3) is 0 Å². The van der Waals surface area contributed by atoms with E-state index in [0.29, 0.717) is 13.1 Å². The molecule has 2 N–H and O–H groups in total. The van der Waals surface area contributed by atoms with Crippen LogP contribution in [0.5, 0.6) is 5.75 Å². The Morgan fingerprint density at radius 2 is 2.04 bits per heavy atom. The van der Waals surface area contributed by atoms with Gasteiger partial charge in [0.05, 0.1) is 13.7 Å². The van der Waals surface area contributed by atoms with E-state index in [0.717, 1.165) is 28.3 Å². The Labute approximate surface area is 142 Å². The number of anilines is 1. The number of rotatable bonds is 7. The smallest absolute Gasteiger partial charge is 0.279 e. The number of quaternary nitrogens is 1. The highest BCUT2D eigenvalue weighted by atomic mass is 19.1. The number of hydrogen-bond donors (Lipinski definition) is 2. The first-order valence-electron chi connectivity index (χ1n) is 8.04. The molecule has 0 fully saturated rings. The van der Waals surface area contributed by atoms with Crippen LogP contribution in [-0.2, 0) is 11.3 Å². The van der Waals surface area contributed by atoms with Crippen LogP contribution in [0.15, 0.2) is 42.5 Å². The molecule has 0 aliphatic heterocycles.